The van der Waals surface area contributed by atoms with Crippen molar-refractivity contribution in [2.24, 2.45) is 0 Å². The predicted octanol–water partition coefficient (Wildman–Crippen LogP) is 2.11. The highest BCUT2D eigenvalue weighted by molar-refractivity contribution is 5.82. The van der Waals surface area contributed by atoms with Gasteiger partial charge in [-0.05, 0) is 24.5 Å². The highest BCUT2D eigenvalue weighted by Gasteiger charge is 2.30. The van der Waals surface area contributed by atoms with E-state index in [1.54, 1.807) is 6.20 Å². The minimum atomic E-state index is -0.773. The lowest BCUT2D eigenvalue weighted by molar-refractivity contribution is -0.139. The molecule has 1 aromatic heterocycles. The topological polar surface area (TPSA) is 62.2 Å². The van der Waals surface area contributed by atoms with Crippen LogP contribution < -0.4 is 5.32 Å². The van der Waals surface area contributed by atoms with Crippen molar-refractivity contribution in [3.8, 4) is 0 Å². The molecule has 1 aliphatic heterocycles. The van der Waals surface area contributed by atoms with Gasteiger partial charge in [0, 0.05) is 17.6 Å². The van der Waals surface area contributed by atoms with Crippen molar-refractivity contribution in [2.45, 2.75) is 24.9 Å². The Hall–Kier alpha value is -1.94. The van der Waals surface area contributed by atoms with Crippen LogP contribution in [0.25, 0.3) is 10.9 Å². The van der Waals surface area contributed by atoms with Crippen LogP contribution in [0.1, 0.15) is 24.4 Å². The van der Waals surface area contributed by atoms with Crippen LogP contribution in [0.5, 0.6) is 0 Å². The van der Waals surface area contributed by atoms with Gasteiger partial charge < -0.3 is 5.11 Å². The molecule has 0 spiro atoms. The van der Waals surface area contributed by atoms with Gasteiger partial charge in [-0.2, -0.15) is 0 Å². The third-order valence-electron chi connectivity index (χ3n) is 3.48. The van der Waals surface area contributed by atoms with E-state index in [0.29, 0.717) is 6.42 Å². The molecule has 1 fully saturated rings. The number of aliphatic carboxylic acids is 1. The molecule has 2 unspecified atom stereocenters. The second-order valence-electron chi connectivity index (χ2n) is 4.61. The number of carboxylic acids is 1. The molecule has 0 radical (unpaired) electrons. The van der Waals surface area contributed by atoms with Crippen LogP contribution in [0.2, 0.25) is 0 Å². The van der Waals surface area contributed by atoms with Gasteiger partial charge in [0.25, 0.3) is 0 Å². The van der Waals surface area contributed by atoms with Crippen molar-refractivity contribution in [1.82, 2.24) is 10.3 Å². The Balaban J connectivity index is 1.98. The molecule has 92 valence electrons. The molecule has 1 aliphatic rings. The van der Waals surface area contributed by atoms with E-state index in [4.69, 9.17) is 5.11 Å². The average molecular weight is 242 g/mol. The molecule has 0 aliphatic carbocycles. The molecule has 0 amide bonds. The van der Waals surface area contributed by atoms with Crippen LogP contribution in [0.3, 0.4) is 0 Å². The molecule has 4 nitrogen and oxygen atoms in total. The smallest absolute Gasteiger partial charge is 0.320 e. The largest absolute Gasteiger partial charge is 0.480 e. The number of pyridine rings is 1. The summed E-state index contributed by atoms with van der Waals surface area (Å²) >= 11 is 0. The SMILES string of the molecule is O=C(O)C1CCC(c2cccc3cccnc23)N1. The molecule has 2 N–H and O–H groups in total. The normalized spacial score (nSPS) is 23.3. The number of nitrogens with one attached hydrogen (secondary N) is 1. The minimum absolute atomic E-state index is 0.0877. The van der Waals surface area contributed by atoms with Crippen molar-refractivity contribution >= 4 is 16.9 Å². The molecule has 3 rings (SSSR count). The molecule has 2 aromatic rings. The summed E-state index contributed by atoms with van der Waals surface area (Å²) in [6.45, 7) is 0. The number of hydrogen-bond acceptors (Lipinski definition) is 3. The van der Waals surface area contributed by atoms with Crippen molar-refractivity contribution in [3.63, 3.8) is 0 Å². The van der Waals surface area contributed by atoms with Crippen LogP contribution >= 0.6 is 0 Å². The Labute approximate surface area is 105 Å². The summed E-state index contributed by atoms with van der Waals surface area (Å²) in [5, 5.41) is 13.3. The van der Waals surface area contributed by atoms with E-state index in [9.17, 15) is 4.79 Å². The van der Waals surface area contributed by atoms with Crippen LogP contribution in [0, 0.1) is 0 Å². The van der Waals surface area contributed by atoms with Gasteiger partial charge in [0.1, 0.15) is 6.04 Å². The highest BCUT2D eigenvalue weighted by atomic mass is 16.4. The Morgan fingerprint density at radius 1 is 1.28 bits per heavy atom. The molecule has 2 atom stereocenters. The average Bonchev–Trinajstić information content (AvgIpc) is 2.87. The number of nitrogens with zero attached hydrogens (tertiary/aromatic N) is 1. The number of para-hydroxylation sites is 1. The van der Waals surface area contributed by atoms with E-state index in [1.165, 1.54) is 0 Å². The number of fused-ring (bicyclic) bond motifs is 1. The fourth-order valence-corrected chi connectivity index (χ4v) is 2.59. The summed E-state index contributed by atoms with van der Waals surface area (Å²) in [6.07, 6.45) is 3.28. The summed E-state index contributed by atoms with van der Waals surface area (Å²) in [4.78, 5) is 15.4. The van der Waals surface area contributed by atoms with E-state index >= 15 is 0 Å². The molecular weight excluding hydrogens is 228 g/mol. The summed E-state index contributed by atoms with van der Waals surface area (Å²) in [5.41, 5.74) is 2.06. The Morgan fingerprint density at radius 2 is 2.11 bits per heavy atom. The first-order chi connectivity index (χ1) is 8.75. The number of benzene rings is 1. The Kier molecular flexibility index (Phi) is 2.72. The zero-order chi connectivity index (χ0) is 12.5. The van der Waals surface area contributed by atoms with Crippen molar-refractivity contribution in [3.05, 3.63) is 42.1 Å². The van der Waals surface area contributed by atoms with Crippen LogP contribution in [-0.4, -0.2) is 22.1 Å². The molecule has 0 bridgehead atoms. The fraction of sp³-hybridized carbons (Fsp3) is 0.286. The van der Waals surface area contributed by atoms with Crippen molar-refractivity contribution in [1.29, 1.82) is 0 Å². The standard InChI is InChI=1S/C14H14N2O2/c17-14(18)12-7-6-11(16-12)10-5-1-3-9-4-2-8-15-13(9)10/h1-5,8,11-12,16H,6-7H2,(H,17,18). The fourth-order valence-electron chi connectivity index (χ4n) is 2.59. The predicted molar refractivity (Wildman–Crippen MR) is 68.3 cm³/mol. The molecule has 2 heterocycles. The summed E-state index contributed by atoms with van der Waals surface area (Å²) < 4.78 is 0. The van der Waals surface area contributed by atoms with E-state index < -0.39 is 12.0 Å². The quantitative estimate of drug-likeness (QED) is 0.846. The number of carbonyl (C=O) groups is 1. The van der Waals surface area contributed by atoms with Gasteiger partial charge in [0.05, 0.1) is 5.52 Å². The number of hydrogen-bond donors (Lipinski definition) is 2. The van der Waals surface area contributed by atoms with Crippen molar-refractivity contribution in [2.75, 3.05) is 0 Å². The van der Waals surface area contributed by atoms with E-state index in [1.807, 2.05) is 30.3 Å². The first kappa shape index (κ1) is 11.2. The summed E-state index contributed by atoms with van der Waals surface area (Å²) in [5.74, 6) is -0.773. The van der Waals surface area contributed by atoms with E-state index in [0.717, 1.165) is 22.9 Å². The van der Waals surface area contributed by atoms with Gasteiger partial charge in [-0.25, -0.2) is 0 Å². The Morgan fingerprint density at radius 3 is 2.89 bits per heavy atom. The lowest BCUT2D eigenvalue weighted by Gasteiger charge is -2.14. The number of rotatable bonds is 2. The second kappa shape index (κ2) is 4.38. The van der Waals surface area contributed by atoms with E-state index in [-0.39, 0.29) is 6.04 Å². The van der Waals surface area contributed by atoms with Crippen LogP contribution in [-0.2, 0) is 4.79 Å². The second-order valence-corrected chi connectivity index (χ2v) is 4.61. The first-order valence-electron chi connectivity index (χ1n) is 6.08. The summed E-state index contributed by atoms with van der Waals surface area (Å²) in [7, 11) is 0. The van der Waals surface area contributed by atoms with Gasteiger partial charge in [-0.3, -0.25) is 15.1 Å². The Bertz CT molecular complexity index is 592. The monoisotopic (exact) mass is 242 g/mol. The molecule has 18 heavy (non-hydrogen) atoms. The molecular formula is C14H14N2O2. The lowest BCUT2D eigenvalue weighted by Crippen LogP contribution is -2.31. The minimum Gasteiger partial charge on any atom is -0.480 e. The number of carboxylic acid groups (broad SMARTS) is 1. The third-order valence-corrected chi connectivity index (χ3v) is 3.48. The lowest BCUT2D eigenvalue weighted by atomic mass is 10.0. The van der Waals surface area contributed by atoms with Gasteiger partial charge in [0.15, 0.2) is 0 Å². The maximum Gasteiger partial charge on any atom is 0.320 e. The van der Waals surface area contributed by atoms with Crippen molar-refractivity contribution < 1.29 is 9.90 Å². The molecule has 1 aromatic carbocycles. The third kappa shape index (κ3) is 1.84. The summed E-state index contributed by atoms with van der Waals surface area (Å²) in [6, 6.07) is 9.63. The van der Waals surface area contributed by atoms with E-state index in [2.05, 4.69) is 10.3 Å². The molecule has 4 heteroatoms. The van der Waals surface area contributed by atoms with Gasteiger partial charge in [-0.1, -0.05) is 24.3 Å². The molecule has 0 saturated carbocycles. The first-order valence-corrected chi connectivity index (χ1v) is 6.08. The van der Waals surface area contributed by atoms with Crippen LogP contribution in [0.15, 0.2) is 36.5 Å². The molecule has 1 saturated heterocycles. The van der Waals surface area contributed by atoms with Crippen LogP contribution in [0.4, 0.5) is 0 Å². The zero-order valence-electron chi connectivity index (χ0n) is 9.84. The highest BCUT2D eigenvalue weighted by Crippen LogP contribution is 2.30. The number of aromatic nitrogens is 1. The maximum absolute atomic E-state index is 11.0. The van der Waals surface area contributed by atoms with Gasteiger partial charge in [0.2, 0.25) is 0 Å². The van der Waals surface area contributed by atoms with Gasteiger partial charge in [-0.15, -0.1) is 0 Å². The zero-order valence-corrected chi connectivity index (χ0v) is 9.84. The maximum atomic E-state index is 11.0. The van der Waals surface area contributed by atoms with Gasteiger partial charge >= 0.3 is 5.97 Å².